The Bertz CT molecular complexity index is 1420. The predicted octanol–water partition coefficient (Wildman–Crippen LogP) is 4.56. The van der Waals surface area contributed by atoms with Crippen molar-refractivity contribution in [1.82, 2.24) is 23.9 Å². The van der Waals surface area contributed by atoms with Crippen LogP contribution in [0.4, 0.5) is 13.2 Å². The zero-order valence-electron chi connectivity index (χ0n) is 25.4. The van der Waals surface area contributed by atoms with Crippen molar-refractivity contribution < 1.29 is 26.7 Å². The first kappa shape index (κ1) is 32.3. The Balaban J connectivity index is 1.26. The molecule has 2 unspecified atom stereocenters. The molecule has 1 N–H and O–H groups in total. The highest BCUT2D eigenvalue weighted by Crippen LogP contribution is 2.41. The molecule has 4 heterocycles. The number of fused-ring (bicyclic) bond motifs is 2. The van der Waals surface area contributed by atoms with Crippen LogP contribution < -0.4 is 0 Å². The van der Waals surface area contributed by atoms with Gasteiger partial charge < -0.3 is 14.9 Å². The molecule has 0 spiro atoms. The molecular formula is C31H44F3N5O3S2. The van der Waals surface area contributed by atoms with E-state index in [1.807, 2.05) is 0 Å². The summed E-state index contributed by atoms with van der Waals surface area (Å²) in [4.78, 5) is 4.81. The first-order valence-corrected chi connectivity index (χ1v) is 18.8. The van der Waals surface area contributed by atoms with E-state index in [0.29, 0.717) is 42.1 Å². The van der Waals surface area contributed by atoms with Crippen molar-refractivity contribution in [3.05, 3.63) is 35.0 Å². The second-order valence-electron chi connectivity index (χ2n) is 13.1. The van der Waals surface area contributed by atoms with Crippen LogP contribution in [-0.2, 0) is 35.7 Å². The molecule has 0 bridgehead atoms. The molecule has 8 nitrogen and oxygen atoms in total. The zero-order chi connectivity index (χ0) is 31.1. The van der Waals surface area contributed by atoms with Crippen LogP contribution in [-0.4, -0.2) is 101 Å². The average Bonchev–Trinajstić information content (AvgIpc) is 3.66. The highest BCUT2D eigenvalue weighted by molar-refractivity contribution is 7.99. The normalized spacial score (nSPS) is 24.5. The second-order valence-corrected chi connectivity index (χ2v) is 16.2. The van der Waals surface area contributed by atoms with E-state index >= 15 is 0 Å². The number of alkyl halides is 3. The van der Waals surface area contributed by atoms with Crippen LogP contribution in [0.15, 0.2) is 23.1 Å². The number of nitrogens with zero attached hydrogens (tertiary/aromatic N) is 5. The van der Waals surface area contributed by atoms with Gasteiger partial charge in [0.2, 0.25) is 10.0 Å². The number of rotatable bonds is 10. The van der Waals surface area contributed by atoms with Gasteiger partial charge in [0, 0.05) is 73.2 Å². The van der Waals surface area contributed by atoms with Gasteiger partial charge >= 0.3 is 6.18 Å². The lowest BCUT2D eigenvalue weighted by molar-refractivity contribution is -0.139. The number of thioether (sulfide) groups is 1. The van der Waals surface area contributed by atoms with Gasteiger partial charge in [-0.15, -0.1) is 11.8 Å². The quantitative estimate of drug-likeness (QED) is 0.376. The molecule has 4 aliphatic rings. The van der Waals surface area contributed by atoms with Crippen LogP contribution in [0, 0.1) is 11.8 Å². The van der Waals surface area contributed by atoms with Gasteiger partial charge in [-0.25, -0.2) is 8.42 Å². The number of β-amino-alcohol motifs (C(OH)–C–C–N with tert-alkyl or cyclic N) is 1. The lowest BCUT2D eigenvalue weighted by atomic mass is 10.0. The second kappa shape index (κ2) is 13.2. The third-order valence-electron chi connectivity index (χ3n) is 9.90. The minimum absolute atomic E-state index is 0.104. The smallest absolute Gasteiger partial charge is 0.390 e. The van der Waals surface area contributed by atoms with E-state index < -0.39 is 27.9 Å². The molecule has 244 valence electrons. The number of halogens is 3. The largest absolute Gasteiger partial charge is 0.417 e. The molecule has 2 saturated heterocycles. The SMILES string of the molecule is CS(=O)(=O)N1CCc2c(c(-c3ccc(C(F)(F)F)c(SCCN4CC5CCCC5C4)c3)nn2C[C@@H](O)CN2CCCCC2)C1. The predicted molar refractivity (Wildman–Crippen MR) is 166 cm³/mol. The molecule has 3 fully saturated rings. The lowest BCUT2D eigenvalue weighted by Crippen LogP contribution is -2.39. The third kappa shape index (κ3) is 7.33. The Labute approximate surface area is 263 Å². The number of hydrogen-bond donors (Lipinski definition) is 1. The van der Waals surface area contributed by atoms with E-state index in [2.05, 4.69) is 9.80 Å². The molecule has 1 aromatic carbocycles. The molecule has 0 amide bonds. The summed E-state index contributed by atoms with van der Waals surface area (Å²) in [6.07, 6.45) is 3.68. The summed E-state index contributed by atoms with van der Waals surface area (Å²) < 4.78 is 70.4. The number of sulfonamides is 1. The van der Waals surface area contributed by atoms with E-state index in [1.54, 1.807) is 10.7 Å². The van der Waals surface area contributed by atoms with Crippen molar-refractivity contribution in [2.75, 3.05) is 57.8 Å². The van der Waals surface area contributed by atoms with Gasteiger partial charge in [-0.3, -0.25) is 4.68 Å². The first-order valence-electron chi connectivity index (χ1n) is 16.0. The minimum Gasteiger partial charge on any atom is -0.390 e. The molecule has 3 aliphatic heterocycles. The Morgan fingerprint density at radius 1 is 1.02 bits per heavy atom. The van der Waals surface area contributed by atoms with E-state index in [-0.39, 0.29) is 18.0 Å². The van der Waals surface area contributed by atoms with Crippen LogP contribution in [0.1, 0.15) is 55.3 Å². The minimum atomic E-state index is -4.49. The monoisotopic (exact) mass is 655 g/mol. The standard InChI is InChI=1S/C31H44F3N5O3S2/c1-44(41,42)38-13-10-28-26(21-38)30(35-39(28)20-25(40)19-36-11-3-2-4-12-36)22-8-9-27(31(32,33)34)29(16-22)43-15-14-37-17-23-6-5-7-24(23)18-37/h8-9,16,23-25,40H,2-7,10-15,17-21H2,1H3/t23?,24?,25-/m0/s1. The number of aliphatic hydroxyl groups is 1. The molecule has 6 rings (SSSR count). The van der Waals surface area contributed by atoms with Crippen molar-refractivity contribution in [1.29, 1.82) is 0 Å². The molecule has 1 aromatic heterocycles. The molecule has 0 radical (unpaired) electrons. The number of likely N-dealkylation sites (tertiary alicyclic amines) is 2. The van der Waals surface area contributed by atoms with E-state index in [4.69, 9.17) is 5.10 Å². The van der Waals surface area contributed by atoms with Crippen LogP contribution in [0.3, 0.4) is 0 Å². The third-order valence-corrected chi connectivity index (χ3v) is 12.2. The summed E-state index contributed by atoms with van der Waals surface area (Å²) in [5.74, 6) is 2.03. The van der Waals surface area contributed by atoms with Crippen LogP contribution in [0.25, 0.3) is 11.3 Å². The fraction of sp³-hybridized carbons (Fsp3) is 0.710. The lowest BCUT2D eigenvalue weighted by Gasteiger charge is -2.29. The van der Waals surface area contributed by atoms with E-state index in [0.717, 1.165) is 69.2 Å². The van der Waals surface area contributed by atoms with Gasteiger partial charge in [-0.1, -0.05) is 18.9 Å². The molecular weight excluding hydrogens is 612 g/mol. The number of aliphatic hydroxyl groups excluding tert-OH is 1. The van der Waals surface area contributed by atoms with E-state index in [9.17, 15) is 26.7 Å². The average molecular weight is 656 g/mol. The van der Waals surface area contributed by atoms with Crippen LogP contribution in [0.5, 0.6) is 0 Å². The Morgan fingerprint density at radius 3 is 2.43 bits per heavy atom. The highest BCUT2D eigenvalue weighted by atomic mass is 32.2. The van der Waals surface area contributed by atoms with Gasteiger partial charge in [-0.05, 0) is 62.7 Å². The molecule has 44 heavy (non-hydrogen) atoms. The van der Waals surface area contributed by atoms with Gasteiger partial charge in [0.25, 0.3) is 0 Å². The van der Waals surface area contributed by atoms with Crippen molar-refractivity contribution in [3.63, 3.8) is 0 Å². The highest BCUT2D eigenvalue weighted by Gasteiger charge is 2.37. The Kier molecular flexibility index (Phi) is 9.71. The Hall–Kier alpha value is -1.64. The molecule has 3 atom stereocenters. The van der Waals surface area contributed by atoms with E-state index in [1.165, 1.54) is 54.1 Å². The molecule has 1 aliphatic carbocycles. The summed E-state index contributed by atoms with van der Waals surface area (Å²) in [6.45, 7) is 5.92. The summed E-state index contributed by atoms with van der Waals surface area (Å²) >= 11 is 1.23. The summed E-state index contributed by atoms with van der Waals surface area (Å²) in [7, 11) is -3.48. The first-order chi connectivity index (χ1) is 21.0. The van der Waals surface area contributed by atoms with Crippen molar-refractivity contribution >= 4 is 21.8 Å². The maximum Gasteiger partial charge on any atom is 0.417 e. The van der Waals surface area contributed by atoms with Crippen molar-refractivity contribution in [3.8, 4) is 11.3 Å². The molecule has 1 saturated carbocycles. The fourth-order valence-electron chi connectivity index (χ4n) is 7.65. The number of piperidine rings is 1. The van der Waals surface area contributed by atoms with Gasteiger partial charge in [0.15, 0.2) is 0 Å². The Morgan fingerprint density at radius 2 is 1.75 bits per heavy atom. The maximum absolute atomic E-state index is 14.1. The molecule has 13 heteroatoms. The number of benzene rings is 1. The summed E-state index contributed by atoms with van der Waals surface area (Å²) in [5, 5.41) is 15.8. The zero-order valence-corrected chi connectivity index (χ0v) is 27.1. The fourth-order valence-corrected chi connectivity index (χ4v) is 9.56. The van der Waals surface area contributed by atoms with Gasteiger partial charge in [0.05, 0.1) is 30.2 Å². The van der Waals surface area contributed by atoms with Gasteiger partial charge in [-0.2, -0.15) is 22.6 Å². The number of hydrogen-bond acceptors (Lipinski definition) is 7. The van der Waals surface area contributed by atoms with Crippen LogP contribution in [0.2, 0.25) is 0 Å². The van der Waals surface area contributed by atoms with Gasteiger partial charge in [0.1, 0.15) is 0 Å². The topological polar surface area (TPSA) is 81.9 Å². The summed E-state index contributed by atoms with van der Waals surface area (Å²) in [6, 6.07) is 4.15. The van der Waals surface area contributed by atoms with Crippen LogP contribution >= 0.6 is 11.8 Å². The number of aromatic nitrogens is 2. The van der Waals surface area contributed by atoms with Crippen molar-refractivity contribution in [2.45, 2.75) is 75.2 Å². The van der Waals surface area contributed by atoms with Crippen molar-refractivity contribution in [2.24, 2.45) is 11.8 Å². The maximum atomic E-state index is 14.1. The molecule has 2 aromatic rings. The summed E-state index contributed by atoms with van der Waals surface area (Å²) in [5.41, 5.74) is 1.90.